The van der Waals surface area contributed by atoms with E-state index in [1.165, 1.54) is 22.9 Å². The number of phenols is 1. The van der Waals surface area contributed by atoms with Gasteiger partial charge in [-0.05, 0) is 13.0 Å². The second-order valence-electron chi connectivity index (χ2n) is 3.58. The Morgan fingerprint density at radius 2 is 2.32 bits per heavy atom. The second kappa shape index (κ2) is 5.46. The van der Waals surface area contributed by atoms with Gasteiger partial charge in [-0.25, -0.2) is 4.79 Å². The van der Waals surface area contributed by atoms with Gasteiger partial charge in [-0.15, -0.1) is 0 Å². The molecule has 0 aliphatic heterocycles. The Kier molecular flexibility index (Phi) is 3.92. The van der Waals surface area contributed by atoms with Crippen molar-refractivity contribution in [2.45, 2.75) is 6.92 Å². The summed E-state index contributed by atoms with van der Waals surface area (Å²) >= 11 is 6.76. The molecule has 1 heterocycles. The largest absolute Gasteiger partial charge is 0.506 e. The molecule has 19 heavy (non-hydrogen) atoms. The number of thiazole rings is 1. The number of hydrogen-bond donors (Lipinski definition) is 1. The molecule has 0 saturated heterocycles. The van der Waals surface area contributed by atoms with Crippen molar-refractivity contribution in [3.63, 3.8) is 0 Å². The van der Waals surface area contributed by atoms with Crippen molar-refractivity contribution in [3.05, 3.63) is 32.9 Å². The number of ether oxygens (including phenoxy) is 1. The van der Waals surface area contributed by atoms with Crippen molar-refractivity contribution in [2.75, 3.05) is 6.61 Å². The summed E-state index contributed by atoms with van der Waals surface area (Å²) in [5.74, 6) is -0.615. The smallest absolute Gasteiger partial charge is 0.332 e. The van der Waals surface area contributed by atoms with Crippen molar-refractivity contribution < 1.29 is 14.6 Å². The lowest BCUT2D eigenvalue weighted by Crippen LogP contribution is -2.07. The van der Waals surface area contributed by atoms with Gasteiger partial charge in [0.25, 0.3) is 0 Å². The van der Waals surface area contributed by atoms with E-state index in [0.717, 1.165) is 17.4 Å². The van der Waals surface area contributed by atoms with Gasteiger partial charge in [0.05, 0.1) is 21.8 Å². The van der Waals surface area contributed by atoms with Gasteiger partial charge in [0.2, 0.25) is 0 Å². The molecule has 0 saturated carbocycles. The van der Waals surface area contributed by atoms with Crippen LogP contribution in [-0.4, -0.2) is 22.2 Å². The minimum atomic E-state index is -0.529. The molecule has 5 nitrogen and oxygen atoms in total. The monoisotopic (exact) mass is 299 g/mol. The van der Waals surface area contributed by atoms with Crippen LogP contribution in [0.3, 0.4) is 0 Å². The van der Waals surface area contributed by atoms with E-state index in [0.29, 0.717) is 10.2 Å². The number of carbonyl (C=O) groups is 1. The standard InChI is InChI=1S/C12H10ClNO4S/c1-2-18-11(16)3-4-14-8-5-7(13)9(15)6-10(8)19-12(14)17/h3-6,15H,2H2,1H3. The van der Waals surface area contributed by atoms with Crippen LogP contribution in [-0.2, 0) is 9.53 Å². The molecule has 7 heteroatoms. The van der Waals surface area contributed by atoms with Crippen LogP contribution in [0, 0.1) is 0 Å². The number of fused-ring (bicyclic) bond motifs is 1. The summed E-state index contributed by atoms with van der Waals surface area (Å²) in [4.78, 5) is 22.7. The molecule has 2 rings (SSSR count). The van der Waals surface area contributed by atoms with E-state index in [1.807, 2.05) is 0 Å². The summed E-state index contributed by atoms with van der Waals surface area (Å²) < 4.78 is 6.59. The number of aromatic nitrogens is 1. The lowest BCUT2D eigenvalue weighted by atomic mass is 10.3. The van der Waals surface area contributed by atoms with E-state index in [2.05, 4.69) is 0 Å². The fourth-order valence-corrected chi connectivity index (χ4v) is 2.55. The van der Waals surface area contributed by atoms with Crippen molar-refractivity contribution in [3.8, 4) is 5.75 Å². The molecule has 0 spiro atoms. The summed E-state index contributed by atoms with van der Waals surface area (Å²) in [5.41, 5.74) is 0.526. The third-order valence-electron chi connectivity index (χ3n) is 2.33. The normalized spacial score (nSPS) is 11.3. The van der Waals surface area contributed by atoms with Crippen LogP contribution < -0.4 is 4.87 Å². The van der Waals surface area contributed by atoms with Gasteiger partial charge in [0.15, 0.2) is 0 Å². The summed E-state index contributed by atoms with van der Waals surface area (Å²) in [6.07, 6.45) is 2.49. The minimum Gasteiger partial charge on any atom is -0.506 e. The number of nitrogens with zero attached hydrogens (tertiary/aromatic N) is 1. The van der Waals surface area contributed by atoms with Gasteiger partial charge in [0, 0.05) is 18.3 Å². The van der Waals surface area contributed by atoms with Gasteiger partial charge in [-0.1, -0.05) is 22.9 Å². The maximum Gasteiger partial charge on any atom is 0.332 e. The lowest BCUT2D eigenvalue weighted by Gasteiger charge is -1.99. The number of benzene rings is 1. The highest BCUT2D eigenvalue weighted by molar-refractivity contribution is 7.16. The quantitative estimate of drug-likeness (QED) is 0.698. The molecule has 0 amide bonds. The Balaban J connectivity index is 2.49. The molecular formula is C12H10ClNO4S. The molecule has 0 fully saturated rings. The Morgan fingerprint density at radius 1 is 1.58 bits per heavy atom. The van der Waals surface area contributed by atoms with Gasteiger partial charge in [0.1, 0.15) is 5.75 Å². The average molecular weight is 300 g/mol. The van der Waals surface area contributed by atoms with Crippen LogP contribution in [0.25, 0.3) is 16.4 Å². The zero-order valence-electron chi connectivity index (χ0n) is 9.92. The predicted molar refractivity (Wildman–Crippen MR) is 74.7 cm³/mol. The molecular weight excluding hydrogens is 290 g/mol. The first-order valence-electron chi connectivity index (χ1n) is 5.41. The molecule has 0 atom stereocenters. The van der Waals surface area contributed by atoms with E-state index < -0.39 is 5.97 Å². The molecule has 1 aromatic carbocycles. The number of hydrogen-bond acceptors (Lipinski definition) is 5. The Labute approximate surface area is 117 Å². The van der Waals surface area contributed by atoms with Crippen molar-refractivity contribution in [2.24, 2.45) is 0 Å². The highest BCUT2D eigenvalue weighted by Gasteiger charge is 2.09. The highest BCUT2D eigenvalue weighted by Crippen LogP contribution is 2.30. The number of phenolic OH excluding ortho intramolecular Hbond substituents is 1. The van der Waals surface area contributed by atoms with E-state index in [9.17, 15) is 14.7 Å². The predicted octanol–water partition coefficient (Wildman–Crippen LogP) is 2.46. The average Bonchev–Trinajstić information content (AvgIpc) is 2.63. The topological polar surface area (TPSA) is 68.5 Å². The van der Waals surface area contributed by atoms with Gasteiger partial charge in [-0.2, -0.15) is 0 Å². The molecule has 0 aliphatic rings. The van der Waals surface area contributed by atoms with Crippen LogP contribution in [0.5, 0.6) is 5.75 Å². The summed E-state index contributed by atoms with van der Waals surface area (Å²) in [7, 11) is 0. The van der Waals surface area contributed by atoms with E-state index in [4.69, 9.17) is 16.3 Å². The molecule has 0 aliphatic carbocycles. The third-order valence-corrected chi connectivity index (χ3v) is 3.55. The first-order chi connectivity index (χ1) is 9.02. The maximum atomic E-state index is 11.8. The van der Waals surface area contributed by atoms with Crippen molar-refractivity contribution in [1.29, 1.82) is 0 Å². The first-order valence-corrected chi connectivity index (χ1v) is 6.61. The lowest BCUT2D eigenvalue weighted by molar-refractivity contribution is -0.137. The molecule has 0 bridgehead atoms. The van der Waals surface area contributed by atoms with E-state index >= 15 is 0 Å². The van der Waals surface area contributed by atoms with Crippen LogP contribution in [0.4, 0.5) is 0 Å². The summed E-state index contributed by atoms with van der Waals surface area (Å²) in [6, 6.07) is 2.89. The molecule has 0 unspecified atom stereocenters. The SMILES string of the molecule is CCOC(=O)C=Cn1c(=O)sc2cc(O)c(Cl)cc21. The molecule has 0 radical (unpaired) electrons. The fraction of sp³-hybridized carbons (Fsp3) is 0.167. The number of carbonyl (C=O) groups excluding carboxylic acids is 1. The van der Waals surface area contributed by atoms with Crippen LogP contribution in [0.1, 0.15) is 6.92 Å². The van der Waals surface area contributed by atoms with E-state index in [-0.39, 0.29) is 22.3 Å². The third kappa shape index (κ3) is 2.80. The Morgan fingerprint density at radius 3 is 3.00 bits per heavy atom. The Hall–Kier alpha value is -1.79. The summed E-state index contributed by atoms with van der Waals surface area (Å²) in [5, 5.41) is 9.62. The molecule has 2 aromatic rings. The van der Waals surface area contributed by atoms with Crippen LogP contribution in [0.15, 0.2) is 23.0 Å². The van der Waals surface area contributed by atoms with Crippen LogP contribution in [0.2, 0.25) is 5.02 Å². The van der Waals surface area contributed by atoms with E-state index in [1.54, 1.807) is 6.92 Å². The molecule has 1 aromatic heterocycles. The van der Waals surface area contributed by atoms with Crippen molar-refractivity contribution in [1.82, 2.24) is 4.57 Å². The molecule has 1 N–H and O–H groups in total. The molecule has 100 valence electrons. The van der Waals surface area contributed by atoms with Crippen LogP contribution >= 0.6 is 22.9 Å². The minimum absolute atomic E-state index is 0.0862. The highest BCUT2D eigenvalue weighted by atomic mass is 35.5. The first kappa shape index (κ1) is 13.6. The fourth-order valence-electron chi connectivity index (χ4n) is 1.51. The second-order valence-corrected chi connectivity index (χ2v) is 4.98. The number of rotatable bonds is 3. The van der Waals surface area contributed by atoms with Crippen molar-refractivity contribution >= 4 is 45.3 Å². The number of aromatic hydroxyl groups is 1. The van der Waals surface area contributed by atoms with Gasteiger partial charge < -0.3 is 9.84 Å². The number of halogens is 1. The Bertz CT molecular complexity index is 716. The van der Waals surface area contributed by atoms with Gasteiger partial charge in [-0.3, -0.25) is 9.36 Å². The number of esters is 1. The van der Waals surface area contributed by atoms with Gasteiger partial charge >= 0.3 is 10.8 Å². The summed E-state index contributed by atoms with van der Waals surface area (Å²) in [6.45, 7) is 1.96. The zero-order chi connectivity index (χ0) is 14.0. The maximum absolute atomic E-state index is 11.8. The zero-order valence-corrected chi connectivity index (χ0v) is 11.5.